The van der Waals surface area contributed by atoms with Crippen LogP contribution in [0.15, 0.2) is 23.8 Å². The molecule has 0 saturated carbocycles. The van der Waals surface area contributed by atoms with Gasteiger partial charge in [-0.25, -0.2) is 9.97 Å². The Morgan fingerprint density at radius 1 is 1.15 bits per heavy atom. The Kier molecular flexibility index (Phi) is 8.33. The number of nitrogens with zero attached hydrogens (tertiary/aromatic N) is 3. The molecule has 4 heterocycles. The lowest BCUT2D eigenvalue weighted by atomic mass is 10.0. The second kappa shape index (κ2) is 11.0. The van der Waals surface area contributed by atoms with Crippen LogP contribution in [0.25, 0.3) is 10.2 Å². The van der Waals surface area contributed by atoms with Crippen molar-refractivity contribution in [2.75, 3.05) is 42.3 Å². The molecule has 3 N–H and O–H groups in total. The number of carbonyl (C=O) groups excluding carboxylic acids is 1. The third-order valence-corrected chi connectivity index (χ3v) is 6.40. The summed E-state index contributed by atoms with van der Waals surface area (Å²) in [6.45, 7) is 15.0. The van der Waals surface area contributed by atoms with Gasteiger partial charge in [0.1, 0.15) is 23.5 Å². The van der Waals surface area contributed by atoms with Crippen molar-refractivity contribution in [3.63, 3.8) is 0 Å². The summed E-state index contributed by atoms with van der Waals surface area (Å²) in [5.74, 6) is 1.04. The molecule has 2 aromatic heterocycles. The topological polar surface area (TPSA) is 103 Å². The number of aromatic nitrogens is 2. The fourth-order valence-electron chi connectivity index (χ4n) is 4.03. The highest BCUT2D eigenvalue weighted by Crippen LogP contribution is 2.42. The number of fused-ring (bicyclic) bond motifs is 2. The molecule has 184 valence electrons. The van der Waals surface area contributed by atoms with Gasteiger partial charge in [-0.15, -0.1) is 11.3 Å². The SMILES string of the molecule is CC.CC.CC1(C)Cc2cc(NC(=O)c3csc4c(N)ncnc34)c(N3CCOCC3)cc2O1. The fourth-order valence-corrected chi connectivity index (χ4v) is 4.93. The quantitative estimate of drug-likeness (QED) is 0.530. The third kappa shape index (κ3) is 5.26. The van der Waals surface area contributed by atoms with Crippen LogP contribution in [0.2, 0.25) is 0 Å². The number of nitrogens with one attached hydrogen (secondary N) is 1. The van der Waals surface area contributed by atoms with E-state index in [2.05, 4.69) is 34.0 Å². The number of hydrogen-bond donors (Lipinski definition) is 2. The van der Waals surface area contributed by atoms with Crippen molar-refractivity contribution in [1.29, 1.82) is 0 Å². The van der Waals surface area contributed by atoms with Crippen LogP contribution in [-0.4, -0.2) is 47.8 Å². The summed E-state index contributed by atoms with van der Waals surface area (Å²) in [7, 11) is 0. The first kappa shape index (κ1) is 25.7. The second-order valence-electron chi connectivity index (χ2n) is 8.16. The number of nitrogens with two attached hydrogens (primary N) is 1. The van der Waals surface area contributed by atoms with Crippen molar-refractivity contribution in [2.24, 2.45) is 0 Å². The van der Waals surface area contributed by atoms with Crippen molar-refractivity contribution >= 4 is 44.7 Å². The number of morpholine rings is 1. The van der Waals surface area contributed by atoms with Crippen molar-refractivity contribution in [2.45, 2.75) is 53.6 Å². The van der Waals surface area contributed by atoms with E-state index in [-0.39, 0.29) is 11.5 Å². The monoisotopic (exact) mass is 485 g/mol. The highest BCUT2D eigenvalue weighted by Gasteiger charge is 2.32. The number of rotatable bonds is 3. The molecule has 0 spiro atoms. The van der Waals surface area contributed by atoms with E-state index in [4.69, 9.17) is 15.2 Å². The first-order valence-electron chi connectivity index (χ1n) is 11.9. The summed E-state index contributed by atoms with van der Waals surface area (Å²) in [5.41, 5.74) is 9.53. The van der Waals surface area contributed by atoms with E-state index in [1.165, 1.54) is 17.7 Å². The number of amides is 1. The maximum Gasteiger partial charge on any atom is 0.258 e. The van der Waals surface area contributed by atoms with Crippen molar-refractivity contribution in [3.05, 3.63) is 35.0 Å². The maximum atomic E-state index is 13.2. The van der Waals surface area contributed by atoms with Crippen LogP contribution < -0.4 is 20.7 Å². The van der Waals surface area contributed by atoms with Crippen molar-refractivity contribution < 1.29 is 14.3 Å². The molecule has 1 aromatic carbocycles. The summed E-state index contributed by atoms with van der Waals surface area (Å²) in [5, 5.41) is 4.88. The lowest BCUT2D eigenvalue weighted by Crippen LogP contribution is -2.36. The standard InChI is InChI=1S/C21H23N5O3S.2C2H6/c1-21(2)9-12-7-14(15(8-16(12)29-21)26-3-5-28-6-4-26)25-20(27)13-10-30-18-17(13)23-11-24-19(18)22;2*1-2/h7-8,10-11H,3-6,9H2,1-2H3,(H,25,27)(H2,22,23,24);2*1-2H3. The first-order valence-corrected chi connectivity index (χ1v) is 12.8. The zero-order valence-electron chi connectivity index (χ0n) is 20.9. The number of anilines is 3. The molecule has 1 amide bonds. The van der Waals surface area contributed by atoms with Crippen LogP contribution in [0.3, 0.4) is 0 Å². The van der Waals surface area contributed by atoms with Crippen molar-refractivity contribution in [1.82, 2.24) is 9.97 Å². The largest absolute Gasteiger partial charge is 0.487 e. The normalized spacial score (nSPS) is 15.9. The molecule has 9 heteroatoms. The Bertz CT molecular complexity index is 1140. The molecule has 0 unspecified atom stereocenters. The smallest absolute Gasteiger partial charge is 0.258 e. The average Bonchev–Trinajstić information content (AvgIpc) is 3.42. The van der Waals surface area contributed by atoms with E-state index in [0.717, 1.165) is 46.9 Å². The molecule has 8 nitrogen and oxygen atoms in total. The van der Waals surface area contributed by atoms with E-state index in [9.17, 15) is 4.79 Å². The summed E-state index contributed by atoms with van der Waals surface area (Å²) in [4.78, 5) is 23.7. The van der Waals surface area contributed by atoms with E-state index in [0.29, 0.717) is 30.1 Å². The highest BCUT2D eigenvalue weighted by molar-refractivity contribution is 7.18. The van der Waals surface area contributed by atoms with Gasteiger partial charge in [0.2, 0.25) is 0 Å². The summed E-state index contributed by atoms with van der Waals surface area (Å²) in [6.07, 6.45) is 2.18. The van der Waals surface area contributed by atoms with Gasteiger partial charge in [0.25, 0.3) is 5.91 Å². The molecule has 5 rings (SSSR count). The van der Waals surface area contributed by atoms with Gasteiger partial charge in [-0.2, -0.15) is 0 Å². The van der Waals surface area contributed by atoms with Gasteiger partial charge in [-0.1, -0.05) is 27.7 Å². The molecule has 3 aromatic rings. The van der Waals surface area contributed by atoms with E-state index >= 15 is 0 Å². The third-order valence-electron chi connectivity index (χ3n) is 5.41. The number of ether oxygens (including phenoxy) is 2. The molecule has 2 aliphatic heterocycles. The molecule has 0 atom stereocenters. The Morgan fingerprint density at radius 3 is 2.56 bits per heavy atom. The van der Waals surface area contributed by atoms with Gasteiger partial charge in [-0.05, 0) is 19.9 Å². The molecule has 0 radical (unpaired) electrons. The fraction of sp³-hybridized carbons (Fsp3) is 0.480. The van der Waals surface area contributed by atoms with Gasteiger partial charge >= 0.3 is 0 Å². The zero-order valence-corrected chi connectivity index (χ0v) is 21.7. The molecule has 34 heavy (non-hydrogen) atoms. The van der Waals surface area contributed by atoms with Crippen LogP contribution in [0.1, 0.15) is 57.5 Å². The van der Waals surface area contributed by atoms with Crippen LogP contribution in [0.5, 0.6) is 5.75 Å². The number of nitrogen functional groups attached to an aromatic ring is 1. The molecule has 1 saturated heterocycles. The average molecular weight is 486 g/mol. The Labute approximate surface area is 205 Å². The van der Waals surface area contributed by atoms with Gasteiger partial charge in [0.05, 0.1) is 40.4 Å². The van der Waals surface area contributed by atoms with Crippen LogP contribution in [-0.2, 0) is 11.2 Å². The minimum Gasteiger partial charge on any atom is -0.487 e. The van der Waals surface area contributed by atoms with Gasteiger partial charge in [0.15, 0.2) is 0 Å². The van der Waals surface area contributed by atoms with Gasteiger partial charge < -0.3 is 25.4 Å². The van der Waals surface area contributed by atoms with Crippen molar-refractivity contribution in [3.8, 4) is 5.75 Å². The number of benzene rings is 1. The predicted molar refractivity (Wildman–Crippen MR) is 140 cm³/mol. The Hall–Kier alpha value is -2.91. The first-order chi connectivity index (χ1) is 16.4. The number of carbonyl (C=O) groups is 1. The van der Waals surface area contributed by atoms with E-state index < -0.39 is 0 Å². The minimum absolute atomic E-state index is 0.216. The summed E-state index contributed by atoms with van der Waals surface area (Å²) < 4.78 is 12.4. The van der Waals surface area contributed by atoms with E-state index in [1.54, 1.807) is 5.38 Å². The maximum absolute atomic E-state index is 13.2. The number of thiophene rings is 1. The molecule has 2 aliphatic rings. The summed E-state index contributed by atoms with van der Waals surface area (Å²) >= 11 is 1.37. The van der Waals surface area contributed by atoms with Crippen LogP contribution in [0, 0.1) is 0 Å². The molecule has 0 aliphatic carbocycles. The number of hydrogen-bond acceptors (Lipinski definition) is 8. The van der Waals surface area contributed by atoms with Gasteiger partial charge in [-0.3, -0.25) is 4.79 Å². The lowest BCUT2D eigenvalue weighted by Gasteiger charge is -2.31. The minimum atomic E-state index is -0.259. The highest BCUT2D eigenvalue weighted by atomic mass is 32.1. The van der Waals surface area contributed by atoms with E-state index in [1.807, 2.05) is 39.8 Å². The molecular weight excluding hydrogens is 450 g/mol. The van der Waals surface area contributed by atoms with Crippen LogP contribution >= 0.6 is 11.3 Å². The zero-order chi connectivity index (χ0) is 24.9. The summed E-state index contributed by atoms with van der Waals surface area (Å²) in [6, 6.07) is 4.07. The Morgan fingerprint density at radius 2 is 1.85 bits per heavy atom. The second-order valence-corrected chi connectivity index (χ2v) is 9.03. The molecular formula is C25H35N5O3S. The molecule has 1 fully saturated rings. The molecule has 0 bridgehead atoms. The lowest BCUT2D eigenvalue weighted by molar-refractivity contribution is 0.102. The predicted octanol–water partition coefficient (Wildman–Crippen LogP) is 5.13. The Balaban J connectivity index is 0.000000771. The van der Waals surface area contributed by atoms with Gasteiger partial charge in [0, 0.05) is 36.5 Å². The van der Waals surface area contributed by atoms with Crippen LogP contribution in [0.4, 0.5) is 17.2 Å².